The Morgan fingerprint density at radius 2 is 2.00 bits per heavy atom. The lowest BCUT2D eigenvalue weighted by Crippen LogP contribution is -2.52. The molecule has 0 aliphatic rings. The zero-order chi connectivity index (χ0) is 15.9. The molecule has 0 fully saturated rings. The SMILES string of the molecule is CCCNC(Cc1ccc(C)cc1Cl)C(C)(CC)OCC. The van der Waals surface area contributed by atoms with Crippen molar-refractivity contribution >= 4 is 11.6 Å². The summed E-state index contributed by atoms with van der Waals surface area (Å²) in [6.45, 7) is 12.4. The van der Waals surface area contributed by atoms with Gasteiger partial charge in [-0.15, -0.1) is 0 Å². The summed E-state index contributed by atoms with van der Waals surface area (Å²) in [5, 5.41) is 4.51. The highest BCUT2D eigenvalue weighted by Gasteiger charge is 2.33. The molecule has 1 rings (SSSR count). The minimum atomic E-state index is -0.169. The Morgan fingerprint density at radius 3 is 2.52 bits per heavy atom. The maximum absolute atomic E-state index is 6.41. The Labute approximate surface area is 135 Å². The Balaban J connectivity index is 2.96. The van der Waals surface area contributed by atoms with Crippen molar-refractivity contribution < 1.29 is 4.74 Å². The maximum Gasteiger partial charge on any atom is 0.0807 e. The predicted octanol–water partition coefficient (Wildman–Crippen LogP) is 4.76. The molecule has 0 spiro atoms. The number of rotatable bonds is 9. The van der Waals surface area contributed by atoms with E-state index in [0.717, 1.165) is 37.4 Å². The molecule has 1 aromatic rings. The van der Waals surface area contributed by atoms with Crippen LogP contribution in [-0.2, 0) is 11.2 Å². The van der Waals surface area contributed by atoms with Gasteiger partial charge in [0.25, 0.3) is 0 Å². The topological polar surface area (TPSA) is 21.3 Å². The van der Waals surface area contributed by atoms with Gasteiger partial charge in [-0.05, 0) is 63.8 Å². The summed E-state index contributed by atoms with van der Waals surface area (Å²) >= 11 is 6.41. The Kier molecular flexibility index (Phi) is 7.72. The zero-order valence-corrected chi connectivity index (χ0v) is 14.9. The number of halogens is 1. The van der Waals surface area contributed by atoms with Crippen LogP contribution in [0.5, 0.6) is 0 Å². The third-order valence-corrected chi connectivity index (χ3v) is 4.54. The summed E-state index contributed by atoms with van der Waals surface area (Å²) in [6, 6.07) is 6.57. The molecule has 0 aliphatic carbocycles. The highest BCUT2D eigenvalue weighted by atomic mass is 35.5. The van der Waals surface area contributed by atoms with Crippen LogP contribution in [0.2, 0.25) is 5.02 Å². The summed E-state index contributed by atoms with van der Waals surface area (Å²) < 4.78 is 6.07. The first-order chi connectivity index (χ1) is 9.96. The lowest BCUT2D eigenvalue weighted by atomic mass is 9.87. The van der Waals surface area contributed by atoms with E-state index in [1.54, 1.807) is 0 Å². The van der Waals surface area contributed by atoms with E-state index < -0.39 is 0 Å². The number of aryl methyl sites for hydroxylation is 1. The van der Waals surface area contributed by atoms with Crippen LogP contribution in [0.1, 0.15) is 51.7 Å². The molecular formula is C18H30ClNO. The highest BCUT2D eigenvalue weighted by Crippen LogP contribution is 2.26. The van der Waals surface area contributed by atoms with Gasteiger partial charge in [-0.3, -0.25) is 0 Å². The molecule has 0 heterocycles. The van der Waals surface area contributed by atoms with Crippen LogP contribution in [0.4, 0.5) is 0 Å². The molecule has 2 unspecified atom stereocenters. The second kappa shape index (κ2) is 8.77. The minimum Gasteiger partial charge on any atom is -0.374 e. The summed E-state index contributed by atoms with van der Waals surface area (Å²) in [6.07, 6.45) is 2.99. The molecule has 0 saturated heterocycles. The lowest BCUT2D eigenvalue weighted by molar-refractivity contribution is -0.0549. The van der Waals surface area contributed by atoms with Gasteiger partial charge in [0.05, 0.1) is 5.60 Å². The Morgan fingerprint density at radius 1 is 1.29 bits per heavy atom. The Hall–Kier alpha value is -0.570. The molecule has 0 aromatic heterocycles. The number of hydrogen-bond donors (Lipinski definition) is 1. The van der Waals surface area contributed by atoms with E-state index >= 15 is 0 Å². The monoisotopic (exact) mass is 311 g/mol. The van der Waals surface area contributed by atoms with Crippen LogP contribution in [0.15, 0.2) is 18.2 Å². The molecule has 1 aromatic carbocycles. The number of benzene rings is 1. The first-order valence-corrected chi connectivity index (χ1v) is 8.47. The number of nitrogens with one attached hydrogen (secondary N) is 1. The summed E-state index contributed by atoms with van der Waals surface area (Å²) in [7, 11) is 0. The molecule has 1 N–H and O–H groups in total. The van der Waals surface area contributed by atoms with E-state index in [9.17, 15) is 0 Å². The van der Waals surface area contributed by atoms with Gasteiger partial charge in [0, 0.05) is 17.7 Å². The molecule has 21 heavy (non-hydrogen) atoms. The van der Waals surface area contributed by atoms with E-state index in [2.05, 4.69) is 52.1 Å². The van der Waals surface area contributed by atoms with Crippen molar-refractivity contribution in [2.24, 2.45) is 0 Å². The van der Waals surface area contributed by atoms with Crippen molar-refractivity contribution in [3.63, 3.8) is 0 Å². The van der Waals surface area contributed by atoms with Gasteiger partial charge in [0.15, 0.2) is 0 Å². The van der Waals surface area contributed by atoms with Crippen molar-refractivity contribution in [3.05, 3.63) is 34.3 Å². The first kappa shape index (κ1) is 18.5. The smallest absolute Gasteiger partial charge is 0.0807 e. The molecule has 0 saturated carbocycles. The second-order valence-corrected chi connectivity index (χ2v) is 6.31. The van der Waals surface area contributed by atoms with E-state index in [4.69, 9.17) is 16.3 Å². The fraction of sp³-hybridized carbons (Fsp3) is 0.667. The maximum atomic E-state index is 6.41. The average molecular weight is 312 g/mol. The van der Waals surface area contributed by atoms with Gasteiger partial charge in [0.2, 0.25) is 0 Å². The van der Waals surface area contributed by atoms with Crippen LogP contribution in [0, 0.1) is 6.92 Å². The number of hydrogen-bond acceptors (Lipinski definition) is 2. The minimum absolute atomic E-state index is 0.169. The van der Waals surface area contributed by atoms with Crippen molar-refractivity contribution in [3.8, 4) is 0 Å². The van der Waals surface area contributed by atoms with Crippen molar-refractivity contribution in [2.75, 3.05) is 13.2 Å². The van der Waals surface area contributed by atoms with E-state index in [1.165, 1.54) is 11.1 Å². The second-order valence-electron chi connectivity index (χ2n) is 5.90. The molecule has 0 bridgehead atoms. The fourth-order valence-electron chi connectivity index (χ4n) is 2.64. The van der Waals surface area contributed by atoms with Gasteiger partial charge in [-0.1, -0.05) is 37.6 Å². The standard InChI is InChI=1S/C18H30ClNO/c1-6-11-20-17(18(5,7-2)21-8-3)13-15-10-9-14(4)12-16(15)19/h9-10,12,17,20H,6-8,11,13H2,1-5H3. The molecule has 0 amide bonds. The van der Waals surface area contributed by atoms with E-state index in [1.807, 2.05) is 6.07 Å². The van der Waals surface area contributed by atoms with Crippen molar-refractivity contribution in [1.82, 2.24) is 5.32 Å². The molecular weight excluding hydrogens is 282 g/mol. The molecule has 120 valence electrons. The highest BCUT2D eigenvalue weighted by molar-refractivity contribution is 6.31. The third kappa shape index (κ3) is 5.28. The summed E-state index contributed by atoms with van der Waals surface area (Å²) in [4.78, 5) is 0. The van der Waals surface area contributed by atoms with Crippen molar-refractivity contribution in [2.45, 2.75) is 65.5 Å². The first-order valence-electron chi connectivity index (χ1n) is 8.09. The number of ether oxygens (including phenoxy) is 1. The predicted molar refractivity (Wildman–Crippen MR) is 92.3 cm³/mol. The van der Waals surface area contributed by atoms with E-state index in [0.29, 0.717) is 0 Å². The largest absolute Gasteiger partial charge is 0.374 e. The molecule has 2 atom stereocenters. The van der Waals surface area contributed by atoms with Crippen LogP contribution < -0.4 is 5.32 Å². The third-order valence-electron chi connectivity index (χ3n) is 4.19. The van der Waals surface area contributed by atoms with Crippen LogP contribution >= 0.6 is 11.6 Å². The normalized spacial score (nSPS) is 15.7. The summed E-state index contributed by atoms with van der Waals surface area (Å²) in [5.74, 6) is 0. The van der Waals surface area contributed by atoms with Gasteiger partial charge in [0.1, 0.15) is 0 Å². The van der Waals surface area contributed by atoms with E-state index in [-0.39, 0.29) is 11.6 Å². The molecule has 0 radical (unpaired) electrons. The van der Waals surface area contributed by atoms with Gasteiger partial charge in [-0.2, -0.15) is 0 Å². The van der Waals surface area contributed by atoms with Gasteiger partial charge in [-0.25, -0.2) is 0 Å². The molecule has 3 heteroatoms. The fourth-order valence-corrected chi connectivity index (χ4v) is 2.95. The summed E-state index contributed by atoms with van der Waals surface area (Å²) in [5.41, 5.74) is 2.22. The average Bonchev–Trinajstić information content (AvgIpc) is 2.45. The van der Waals surface area contributed by atoms with Gasteiger partial charge < -0.3 is 10.1 Å². The quantitative estimate of drug-likeness (QED) is 0.709. The zero-order valence-electron chi connectivity index (χ0n) is 14.1. The van der Waals surface area contributed by atoms with Crippen LogP contribution in [-0.4, -0.2) is 24.8 Å². The molecule has 0 aliphatic heterocycles. The Bertz CT molecular complexity index is 435. The molecule has 2 nitrogen and oxygen atoms in total. The van der Waals surface area contributed by atoms with Crippen LogP contribution in [0.25, 0.3) is 0 Å². The van der Waals surface area contributed by atoms with Gasteiger partial charge >= 0.3 is 0 Å². The van der Waals surface area contributed by atoms with Crippen molar-refractivity contribution in [1.29, 1.82) is 0 Å². The lowest BCUT2D eigenvalue weighted by Gasteiger charge is -2.38. The van der Waals surface area contributed by atoms with Crippen LogP contribution in [0.3, 0.4) is 0 Å².